The zero-order chi connectivity index (χ0) is 14.5. The Bertz CT molecular complexity index is 517. The molecule has 0 aliphatic carbocycles. The minimum Gasteiger partial charge on any atom is -0.481 e. The minimum absolute atomic E-state index is 0.0156. The zero-order valence-electron chi connectivity index (χ0n) is 10.9. The molecule has 0 radical (unpaired) electrons. The average molecular weight is 280 g/mol. The summed E-state index contributed by atoms with van der Waals surface area (Å²) in [5.74, 6) is -0.0678. The highest BCUT2D eigenvalue weighted by Gasteiger charge is 2.16. The van der Waals surface area contributed by atoms with Crippen LogP contribution in [0.15, 0.2) is 18.2 Å². The van der Waals surface area contributed by atoms with Crippen molar-refractivity contribution in [1.29, 1.82) is 0 Å². The molecule has 108 valence electrons. The van der Waals surface area contributed by atoms with Gasteiger partial charge in [0.1, 0.15) is 0 Å². The Kier molecular flexibility index (Phi) is 4.41. The van der Waals surface area contributed by atoms with Gasteiger partial charge in [0.15, 0.2) is 11.5 Å². The van der Waals surface area contributed by atoms with Crippen LogP contribution in [0, 0.1) is 0 Å². The van der Waals surface area contributed by atoms with Gasteiger partial charge < -0.3 is 20.3 Å². The molecule has 1 heterocycles. The molecule has 20 heavy (non-hydrogen) atoms. The van der Waals surface area contributed by atoms with Crippen molar-refractivity contribution in [2.24, 2.45) is 5.73 Å². The lowest BCUT2D eigenvalue weighted by molar-refractivity contribution is -0.137. The van der Waals surface area contributed by atoms with E-state index in [9.17, 15) is 9.59 Å². The van der Waals surface area contributed by atoms with Gasteiger partial charge in [-0.3, -0.25) is 14.5 Å². The van der Waals surface area contributed by atoms with Gasteiger partial charge in [0.05, 0.1) is 13.0 Å². The third kappa shape index (κ3) is 3.86. The fourth-order valence-electron chi connectivity index (χ4n) is 1.99. The van der Waals surface area contributed by atoms with Crippen LogP contribution < -0.4 is 15.2 Å². The monoisotopic (exact) mass is 280 g/mol. The molecule has 7 nitrogen and oxygen atoms in total. The second kappa shape index (κ2) is 6.25. The fraction of sp³-hybridized carbons (Fsp3) is 0.385. The number of aliphatic carboxylic acids is 1. The van der Waals surface area contributed by atoms with Crippen LogP contribution in [-0.4, -0.2) is 41.8 Å². The van der Waals surface area contributed by atoms with Crippen molar-refractivity contribution in [2.45, 2.75) is 13.0 Å². The van der Waals surface area contributed by atoms with Crippen molar-refractivity contribution in [3.8, 4) is 11.5 Å². The summed E-state index contributed by atoms with van der Waals surface area (Å²) in [5, 5.41) is 8.71. The summed E-state index contributed by atoms with van der Waals surface area (Å²) in [5.41, 5.74) is 6.07. The van der Waals surface area contributed by atoms with E-state index in [4.69, 9.17) is 20.3 Å². The molecule has 0 saturated carbocycles. The molecule has 0 atom stereocenters. The Morgan fingerprint density at radius 3 is 2.75 bits per heavy atom. The first-order chi connectivity index (χ1) is 9.54. The molecule has 0 saturated heterocycles. The molecule has 0 fully saturated rings. The standard InChI is InChI=1S/C13H16N2O5/c14-12(16)7-15(4-3-13(17)18)6-9-1-2-10-11(5-9)20-8-19-10/h1-2,5H,3-4,6-8H2,(H2,14,16)(H,17,18). The number of carbonyl (C=O) groups excluding carboxylic acids is 1. The predicted octanol–water partition coefficient (Wildman–Crippen LogP) is 0.177. The Labute approximate surface area is 115 Å². The predicted molar refractivity (Wildman–Crippen MR) is 69.3 cm³/mol. The maximum Gasteiger partial charge on any atom is 0.304 e. The number of carboxylic acid groups (broad SMARTS) is 1. The summed E-state index contributed by atoms with van der Waals surface area (Å²) >= 11 is 0. The van der Waals surface area contributed by atoms with Crippen molar-refractivity contribution < 1.29 is 24.2 Å². The van der Waals surface area contributed by atoms with Gasteiger partial charge in [0, 0.05) is 13.1 Å². The lowest BCUT2D eigenvalue weighted by Gasteiger charge is -2.20. The first-order valence-corrected chi connectivity index (χ1v) is 6.15. The number of carbonyl (C=O) groups is 2. The number of nitrogens with two attached hydrogens (primary N) is 1. The summed E-state index contributed by atoms with van der Waals surface area (Å²) in [6.07, 6.45) is -0.0438. The maximum absolute atomic E-state index is 11.0. The number of hydrogen-bond acceptors (Lipinski definition) is 5. The van der Waals surface area contributed by atoms with Crippen molar-refractivity contribution in [3.63, 3.8) is 0 Å². The van der Waals surface area contributed by atoms with Gasteiger partial charge in [-0.05, 0) is 17.7 Å². The van der Waals surface area contributed by atoms with E-state index >= 15 is 0 Å². The SMILES string of the molecule is NC(=O)CN(CCC(=O)O)Cc1ccc2c(c1)OCO2. The summed E-state index contributed by atoms with van der Waals surface area (Å²) in [7, 11) is 0. The van der Waals surface area contributed by atoms with Crippen molar-refractivity contribution in [1.82, 2.24) is 4.90 Å². The molecule has 7 heteroatoms. The average Bonchev–Trinajstić information content (AvgIpc) is 2.82. The second-order valence-corrected chi connectivity index (χ2v) is 4.51. The fourth-order valence-corrected chi connectivity index (χ4v) is 1.99. The Hall–Kier alpha value is -2.28. The first kappa shape index (κ1) is 14.1. The third-order valence-corrected chi connectivity index (χ3v) is 2.86. The molecule has 3 N–H and O–H groups in total. The number of hydrogen-bond donors (Lipinski definition) is 2. The number of nitrogens with zero attached hydrogens (tertiary/aromatic N) is 1. The Morgan fingerprint density at radius 2 is 2.05 bits per heavy atom. The van der Waals surface area contributed by atoms with Gasteiger partial charge in [0.2, 0.25) is 12.7 Å². The first-order valence-electron chi connectivity index (χ1n) is 6.15. The highest BCUT2D eigenvalue weighted by Crippen LogP contribution is 2.32. The number of ether oxygens (including phenoxy) is 2. The van der Waals surface area contributed by atoms with Crippen LogP contribution in [0.2, 0.25) is 0 Å². The van der Waals surface area contributed by atoms with Gasteiger partial charge >= 0.3 is 5.97 Å². The lowest BCUT2D eigenvalue weighted by atomic mass is 10.2. The lowest BCUT2D eigenvalue weighted by Crippen LogP contribution is -2.34. The van der Waals surface area contributed by atoms with Crippen molar-refractivity contribution in [2.75, 3.05) is 19.9 Å². The molecule has 0 aromatic heterocycles. The smallest absolute Gasteiger partial charge is 0.304 e. The van der Waals surface area contributed by atoms with E-state index in [0.717, 1.165) is 5.56 Å². The van der Waals surface area contributed by atoms with Crippen LogP contribution in [-0.2, 0) is 16.1 Å². The molecule has 1 aromatic rings. The van der Waals surface area contributed by atoms with Crippen molar-refractivity contribution >= 4 is 11.9 Å². The second-order valence-electron chi connectivity index (χ2n) is 4.51. The summed E-state index contributed by atoms with van der Waals surface area (Å²) in [6, 6.07) is 5.46. The number of fused-ring (bicyclic) bond motifs is 1. The highest BCUT2D eigenvalue weighted by atomic mass is 16.7. The van der Waals surface area contributed by atoms with Crippen LogP contribution >= 0.6 is 0 Å². The van der Waals surface area contributed by atoms with E-state index in [-0.39, 0.29) is 26.3 Å². The maximum atomic E-state index is 11.0. The molecule has 0 spiro atoms. The molecule has 0 unspecified atom stereocenters. The normalized spacial score (nSPS) is 12.7. The molecular weight excluding hydrogens is 264 g/mol. The molecule has 0 bridgehead atoms. The van der Waals surface area contributed by atoms with Crippen LogP contribution in [0.3, 0.4) is 0 Å². The van der Waals surface area contributed by atoms with Gasteiger partial charge in [-0.25, -0.2) is 0 Å². The van der Waals surface area contributed by atoms with Crippen LogP contribution in [0.4, 0.5) is 0 Å². The highest BCUT2D eigenvalue weighted by molar-refractivity contribution is 5.76. The van der Waals surface area contributed by atoms with E-state index in [1.165, 1.54) is 0 Å². The number of amides is 1. The topological polar surface area (TPSA) is 102 Å². The number of rotatable bonds is 7. The molecular formula is C13H16N2O5. The number of primary amides is 1. The van der Waals surface area contributed by atoms with Crippen LogP contribution in [0.5, 0.6) is 11.5 Å². The van der Waals surface area contributed by atoms with Gasteiger partial charge in [-0.15, -0.1) is 0 Å². The van der Waals surface area contributed by atoms with E-state index in [1.807, 2.05) is 12.1 Å². The molecule has 1 amide bonds. The molecule has 2 rings (SSSR count). The van der Waals surface area contributed by atoms with Gasteiger partial charge in [0.25, 0.3) is 0 Å². The summed E-state index contributed by atoms with van der Waals surface area (Å²) < 4.78 is 10.5. The largest absolute Gasteiger partial charge is 0.481 e. The summed E-state index contributed by atoms with van der Waals surface area (Å²) in [6.45, 7) is 0.893. The summed E-state index contributed by atoms with van der Waals surface area (Å²) in [4.78, 5) is 23.3. The molecule has 1 aliphatic rings. The zero-order valence-corrected chi connectivity index (χ0v) is 10.9. The number of benzene rings is 1. The van der Waals surface area contributed by atoms with E-state index in [2.05, 4.69) is 0 Å². The number of carboxylic acids is 1. The van der Waals surface area contributed by atoms with Crippen LogP contribution in [0.25, 0.3) is 0 Å². The quantitative estimate of drug-likeness (QED) is 0.738. The van der Waals surface area contributed by atoms with Crippen LogP contribution in [0.1, 0.15) is 12.0 Å². The van der Waals surface area contributed by atoms with E-state index < -0.39 is 11.9 Å². The molecule has 1 aromatic carbocycles. The van der Waals surface area contributed by atoms with Gasteiger partial charge in [-0.1, -0.05) is 6.07 Å². The molecule has 1 aliphatic heterocycles. The third-order valence-electron chi connectivity index (χ3n) is 2.86. The Morgan fingerprint density at radius 1 is 1.30 bits per heavy atom. The van der Waals surface area contributed by atoms with E-state index in [1.54, 1.807) is 11.0 Å². The minimum atomic E-state index is -0.912. The van der Waals surface area contributed by atoms with Gasteiger partial charge in [-0.2, -0.15) is 0 Å². The Balaban J connectivity index is 2.02. The van der Waals surface area contributed by atoms with E-state index in [0.29, 0.717) is 18.0 Å². The van der Waals surface area contributed by atoms with Crippen molar-refractivity contribution in [3.05, 3.63) is 23.8 Å².